The van der Waals surface area contributed by atoms with Crippen LogP contribution < -0.4 is 0 Å². The number of rotatable bonds is 2. The maximum absolute atomic E-state index is 6.82. The van der Waals surface area contributed by atoms with Crippen LogP contribution in [0.4, 0.5) is 0 Å². The number of hydrogen-bond acceptors (Lipinski definition) is 0. The van der Waals surface area contributed by atoms with Gasteiger partial charge in [0.1, 0.15) is 0 Å². The molecule has 2 heteroatoms. The summed E-state index contributed by atoms with van der Waals surface area (Å²) in [5.41, 5.74) is 3.11. The molecule has 0 N–H and O–H groups in total. The second-order valence-electron chi connectivity index (χ2n) is 7.75. The number of halogens is 2. The van der Waals surface area contributed by atoms with E-state index < -0.39 is 18.7 Å². The third-order valence-electron chi connectivity index (χ3n) is 3.80. The van der Waals surface area contributed by atoms with Crippen molar-refractivity contribution in [1.29, 1.82) is 0 Å². The summed E-state index contributed by atoms with van der Waals surface area (Å²) in [7, 11) is 6.82. The molecule has 0 aromatic heterocycles. The summed E-state index contributed by atoms with van der Waals surface area (Å²) >= 11 is -1.79. The van der Waals surface area contributed by atoms with Crippen molar-refractivity contribution in [2.45, 2.75) is 52.4 Å². The summed E-state index contributed by atoms with van der Waals surface area (Å²) in [6.07, 6.45) is 0. The Balaban J connectivity index is 2.23. The maximum atomic E-state index is 6.82. The molecular weight excluding hydrogens is 403 g/mol. The van der Waals surface area contributed by atoms with E-state index in [1.807, 2.05) is 0 Å². The van der Waals surface area contributed by atoms with Gasteiger partial charge >= 0.3 is 147 Å². The molecule has 0 bridgehead atoms. The fraction of sp³-hybridized carbons (Fsp3) is 0.400. The molecule has 2 aromatic rings. The van der Waals surface area contributed by atoms with Crippen molar-refractivity contribution >= 4 is 27.6 Å². The Kier molecular flexibility index (Phi) is 5.28. The van der Waals surface area contributed by atoms with Crippen molar-refractivity contribution in [3.8, 4) is 0 Å². The van der Waals surface area contributed by atoms with Gasteiger partial charge in [0.05, 0.1) is 0 Å². The number of hydrogen-bond donors (Lipinski definition) is 0. The topological polar surface area (TPSA) is 0 Å². The van der Waals surface area contributed by atoms with Crippen LogP contribution in [-0.2, 0) is 10.8 Å². The average molecular weight is 429 g/mol. The molecular formula is C20H26ClI. The van der Waals surface area contributed by atoms with Crippen LogP contribution in [-0.4, -0.2) is 0 Å². The molecule has 0 spiro atoms. The summed E-state index contributed by atoms with van der Waals surface area (Å²) in [6.45, 7) is 13.4. The van der Waals surface area contributed by atoms with Gasteiger partial charge in [0.25, 0.3) is 0 Å². The van der Waals surface area contributed by atoms with E-state index in [9.17, 15) is 0 Å². The normalized spacial score (nSPS) is 13.1. The number of benzene rings is 2. The third kappa shape index (κ3) is 4.26. The van der Waals surface area contributed by atoms with Crippen molar-refractivity contribution < 1.29 is 0 Å². The molecule has 0 saturated carbocycles. The monoisotopic (exact) mass is 428 g/mol. The first-order valence-electron chi connectivity index (χ1n) is 7.66. The summed E-state index contributed by atoms with van der Waals surface area (Å²) in [5, 5.41) is 0. The van der Waals surface area contributed by atoms with Crippen LogP contribution in [0.3, 0.4) is 0 Å². The van der Waals surface area contributed by atoms with Gasteiger partial charge in [-0.3, -0.25) is 0 Å². The third-order valence-corrected chi connectivity index (χ3v) is 9.64. The molecule has 0 fully saturated rings. The fourth-order valence-corrected chi connectivity index (χ4v) is 6.23. The zero-order valence-electron chi connectivity index (χ0n) is 14.4. The molecule has 0 aliphatic rings. The van der Waals surface area contributed by atoms with E-state index in [4.69, 9.17) is 8.91 Å². The van der Waals surface area contributed by atoms with Gasteiger partial charge in [0.2, 0.25) is 0 Å². The molecule has 2 rings (SSSR count). The van der Waals surface area contributed by atoms with Crippen LogP contribution in [0.2, 0.25) is 0 Å². The van der Waals surface area contributed by atoms with Crippen LogP contribution in [0.1, 0.15) is 52.7 Å². The van der Waals surface area contributed by atoms with Gasteiger partial charge in [0, 0.05) is 0 Å². The Bertz CT molecular complexity index is 555. The molecule has 120 valence electrons. The van der Waals surface area contributed by atoms with Gasteiger partial charge in [0.15, 0.2) is 0 Å². The Labute approximate surface area is 146 Å². The van der Waals surface area contributed by atoms with E-state index in [1.165, 1.54) is 18.3 Å². The van der Waals surface area contributed by atoms with Gasteiger partial charge in [-0.05, 0) is 0 Å². The molecule has 0 saturated heterocycles. The Morgan fingerprint density at radius 2 is 0.864 bits per heavy atom. The average Bonchev–Trinajstić information content (AvgIpc) is 2.45. The van der Waals surface area contributed by atoms with Crippen LogP contribution in [0.25, 0.3) is 0 Å². The van der Waals surface area contributed by atoms with Crippen molar-refractivity contribution in [2.24, 2.45) is 0 Å². The van der Waals surface area contributed by atoms with Gasteiger partial charge in [-0.1, -0.05) is 0 Å². The van der Waals surface area contributed by atoms with E-state index in [0.717, 1.165) is 0 Å². The van der Waals surface area contributed by atoms with Crippen LogP contribution in [0.15, 0.2) is 48.5 Å². The van der Waals surface area contributed by atoms with Crippen LogP contribution in [0.5, 0.6) is 0 Å². The molecule has 0 atom stereocenters. The summed E-state index contributed by atoms with van der Waals surface area (Å²) in [5.74, 6) is 0. The van der Waals surface area contributed by atoms with E-state index in [0.29, 0.717) is 0 Å². The van der Waals surface area contributed by atoms with Crippen molar-refractivity contribution in [3.63, 3.8) is 0 Å². The second-order valence-corrected chi connectivity index (χ2v) is 13.5. The molecule has 0 nitrogen and oxygen atoms in total. The second kappa shape index (κ2) is 6.52. The summed E-state index contributed by atoms with van der Waals surface area (Å²) in [6, 6.07) is 17.8. The van der Waals surface area contributed by atoms with E-state index in [-0.39, 0.29) is 10.8 Å². The van der Waals surface area contributed by atoms with Gasteiger partial charge in [-0.15, -0.1) is 0 Å². The molecule has 0 aliphatic carbocycles. The molecule has 0 radical (unpaired) electrons. The van der Waals surface area contributed by atoms with Crippen LogP contribution >= 0.6 is 27.6 Å². The Morgan fingerprint density at radius 3 is 1.09 bits per heavy atom. The first-order chi connectivity index (χ1) is 10.1. The van der Waals surface area contributed by atoms with E-state index in [2.05, 4.69) is 90.1 Å². The first kappa shape index (κ1) is 17.8. The fourth-order valence-electron chi connectivity index (χ4n) is 2.25. The Hall–Kier alpha value is -0.540. The summed E-state index contributed by atoms with van der Waals surface area (Å²) in [4.78, 5) is 0. The van der Waals surface area contributed by atoms with Crippen LogP contribution in [0, 0.1) is 7.14 Å². The summed E-state index contributed by atoms with van der Waals surface area (Å²) < 4.78 is 2.62. The first-order valence-corrected chi connectivity index (χ1v) is 12.6. The molecule has 0 heterocycles. The SMILES string of the molecule is CC(C)(C)c1ccc(I(Cl)c2ccc(C(C)(C)C)cc2)cc1. The predicted octanol–water partition coefficient (Wildman–Crippen LogP) is 6.98. The quantitative estimate of drug-likeness (QED) is 0.453. The van der Waals surface area contributed by atoms with Gasteiger partial charge in [-0.25, -0.2) is 0 Å². The molecule has 0 aliphatic heterocycles. The standard InChI is InChI=1S/C20H26ClI/c1-19(2,3)15-7-11-17(12-8-15)22(21)18-13-9-16(10-14-18)20(4,5)6/h7-14H,1-6H3. The van der Waals surface area contributed by atoms with Crippen molar-refractivity contribution in [1.82, 2.24) is 0 Å². The minimum atomic E-state index is -1.79. The van der Waals surface area contributed by atoms with Gasteiger partial charge in [-0.2, -0.15) is 0 Å². The molecule has 0 unspecified atom stereocenters. The Morgan fingerprint density at radius 1 is 0.591 bits per heavy atom. The molecule has 2 aromatic carbocycles. The zero-order valence-corrected chi connectivity index (χ0v) is 17.3. The van der Waals surface area contributed by atoms with E-state index in [1.54, 1.807) is 0 Å². The van der Waals surface area contributed by atoms with Crippen molar-refractivity contribution in [2.75, 3.05) is 0 Å². The predicted molar refractivity (Wildman–Crippen MR) is 108 cm³/mol. The molecule has 0 amide bonds. The van der Waals surface area contributed by atoms with Gasteiger partial charge < -0.3 is 0 Å². The minimum absolute atomic E-state index is 0.193. The zero-order chi connectivity index (χ0) is 16.5. The van der Waals surface area contributed by atoms with E-state index >= 15 is 0 Å². The van der Waals surface area contributed by atoms with Crippen molar-refractivity contribution in [3.05, 3.63) is 66.8 Å². The molecule has 22 heavy (non-hydrogen) atoms.